The number of non-ortho nitro benzene ring substituents is 1. The predicted molar refractivity (Wildman–Crippen MR) is 92.3 cm³/mol. The van der Waals surface area contributed by atoms with Crippen LogP contribution < -0.4 is 4.89 Å². The second-order valence-electron chi connectivity index (χ2n) is 5.20. The maximum absolute atomic E-state index is 12.2. The molecule has 2 N–H and O–H groups in total. The van der Waals surface area contributed by atoms with Gasteiger partial charge in [0.15, 0.2) is 0 Å². The molecule has 0 aliphatic rings. The zero-order valence-corrected chi connectivity index (χ0v) is 14.6. The van der Waals surface area contributed by atoms with Crippen molar-refractivity contribution in [3.05, 3.63) is 57.5 Å². The van der Waals surface area contributed by atoms with E-state index in [9.17, 15) is 23.6 Å². The number of aliphatic hydroxyl groups excluding tert-OH is 1. The van der Waals surface area contributed by atoms with E-state index in [1.165, 1.54) is 6.08 Å². The molecule has 0 radical (unpaired) electrons. The average Bonchev–Trinajstić information content (AvgIpc) is 2.63. The van der Waals surface area contributed by atoms with Crippen LogP contribution in [0.25, 0.3) is 10.4 Å². The number of hydrogen-bond donors (Lipinski definition) is 2. The van der Waals surface area contributed by atoms with E-state index >= 15 is 0 Å². The summed E-state index contributed by atoms with van der Waals surface area (Å²) in [5.74, 6) is -0.457. The number of nitro groups is 1. The van der Waals surface area contributed by atoms with E-state index in [-0.39, 0.29) is 23.7 Å². The van der Waals surface area contributed by atoms with Crippen molar-refractivity contribution in [3.63, 3.8) is 0 Å². The molecule has 0 bridgehead atoms. The number of azide groups is 1. The van der Waals surface area contributed by atoms with Crippen LogP contribution in [-0.4, -0.2) is 37.7 Å². The van der Waals surface area contributed by atoms with Crippen LogP contribution >= 0.6 is 0 Å². The van der Waals surface area contributed by atoms with Gasteiger partial charge in [0.1, 0.15) is 6.10 Å². The second kappa shape index (κ2) is 10.5. The van der Waals surface area contributed by atoms with E-state index in [1.807, 2.05) is 4.89 Å². The van der Waals surface area contributed by atoms with Gasteiger partial charge >= 0.3 is 0 Å². The lowest BCUT2D eigenvalue weighted by Gasteiger charge is -2.22. The molecule has 0 aromatic heterocycles. The van der Waals surface area contributed by atoms with Crippen LogP contribution in [0.1, 0.15) is 12.8 Å². The summed E-state index contributed by atoms with van der Waals surface area (Å²) in [6.45, 7) is 3.51. The van der Waals surface area contributed by atoms with Crippen molar-refractivity contribution in [1.29, 1.82) is 0 Å². The van der Waals surface area contributed by atoms with Gasteiger partial charge in [-0.3, -0.25) is 15.0 Å². The number of sulfonamides is 1. The van der Waals surface area contributed by atoms with E-state index in [0.717, 1.165) is 24.3 Å². The molecule has 0 spiro atoms. The Morgan fingerprint density at radius 1 is 1.46 bits per heavy atom. The van der Waals surface area contributed by atoms with Gasteiger partial charge in [0.2, 0.25) is 0 Å². The van der Waals surface area contributed by atoms with Gasteiger partial charge in [0.25, 0.3) is 15.7 Å². The number of aliphatic hydroxyl groups is 1. The highest BCUT2D eigenvalue weighted by Crippen LogP contribution is 2.18. The van der Waals surface area contributed by atoms with E-state index in [0.29, 0.717) is 12.8 Å². The monoisotopic (exact) mass is 385 g/mol. The first-order chi connectivity index (χ1) is 12.4. The Balaban J connectivity index is 2.73. The molecular weight excluding hydrogens is 366 g/mol. The molecule has 0 amide bonds. The standard InChI is InChI=1S/C14H19N5O6S/c1-2-14(11(10-20)4-3-9-16-17-15)25-18-26(23,24)13-7-5-12(6-8-13)19(21)22/h2,5-8,11,14,18,20H,1,3-4,9-10H2/t11-,14-/m1/s1. The zero-order chi connectivity index (χ0) is 19.6. The number of nitrogens with one attached hydrogen (secondary N) is 1. The highest BCUT2D eigenvalue weighted by Gasteiger charge is 2.23. The fraction of sp³-hybridized carbons (Fsp3) is 0.429. The predicted octanol–water partition coefficient (Wildman–Crippen LogP) is 2.06. The van der Waals surface area contributed by atoms with Crippen LogP contribution in [0.15, 0.2) is 46.9 Å². The third kappa shape index (κ3) is 6.43. The van der Waals surface area contributed by atoms with Crippen molar-refractivity contribution in [3.8, 4) is 0 Å². The molecule has 26 heavy (non-hydrogen) atoms. The van der Waals surface area contributed by atoms with Crippen molar-refractivity contribution < 1.29 is 23.3 Å². The van der Waals surface area contributed by atoms with Crippen LogP contribution in [0.3, 0.4) is 0 Å². The second-order valence-corrected chi connectivity index (χ2v) is 6.84. The number of hydrogen-bond acceptors (Lipinski definition) is 7. The van der Waals surface area contributed by atoms with Crippen LogP contribution in [0, 0.1) is 16.0 Å². The van der Waals surface area contributed by atoms with Gasteiger partial charge in [-0.25, -0.2) is 8.42 Å². The first-order valence-corrected chi connectivity index (χ1v) is 9.00. The summed E-state index contributed by atoms with van der Waals surface area (Å²) in [5.41, 5.74) is 7.99. The van der Waals surface area contributed by atoms with Crippen molar-refractivity contribution in [2.24, 2.45) is 11.0 Å². The minimum absolute atomic E-state index is 0.213. The van der Waals surface area contributed by atoms with Crippen molar-refractivity contribution in [2.45, 2.75) is 23.8 Å². The van der Waals surface area contributed by atoms with Crippen LogP contribution in [0.5, 0.6) is 0 Å². The normalized spacial score (nSPS) is 13.4. The first kappa shape index (κ1) is 21.5. The molecule has 0 saturated carbocycles. The summed E-state index contributed by atoms with van der Waals surface area (Å²) >= 11 is 0. The molecule has 2 atom stereocenters. The molecule has 1 aromatic rings. The minimum atomic E-state index is -4.07. The van der Waals surface area contributed by atoms with Gasteiger partial charge < -0.3 is 5.11 Å². The topological polar surface area (TPSA) is 168 Å². The molecule has 0 fully saturated rings. The molecule has 0 saturated heterocycles. The molecule has 12 heteroatoms. The maximum Gasteiger partial charge on any atom is 0.269 e. The fourth-order valence-electron chi connectivity index (χ4n) is 2.08. The van der Waals surface area contributed by atoms with Crippen LogP contribution in [0.4, 0.5) is 5.69 Å². The van der Waals surface area contributed by atoms with E-state index in [4.69, 9.17) is 10.4 Å². The van der Waals surface area contributed by atoms with E-state index in [1.54, 1.807) is 0 Å². The zero-order valence-electron chi connectivity index (χ0n) is 13.8. The Morgan fingerprint density at radius 2 is 2.12 bits per heavy atom. The first-order valence-electron chi connectivity index (χ1n) is 7.52. The molecule has 0 aliphatic heterocycles. The van der Waals surface area contributed by atoms with Gasteiger partial charge in [-0.2, -0.15) is 0 Å². The maximum atomic E-state index is 12.2. The summed E-state index contributed by atoms with van der Waals surface area (Å²) in [5, 5.41) is 23.4. The Labute approximate surface area is 150 Å². The lowest BCUT2D eigenvalue weighted by Crippen LogP contribution is -2.34. The van der Waals surface area contributed by atoms with Gasteiger partial charge in [-0.1, -0.05) is 16.1 Å². The lowest BCUT2D eigenvalue weighted by molar-refractivity contribution is -0.384. The van der Waals surface area contributed by atoms with E-state index < -0.39 is 27.0 Å². The quantitative estimate of drug-likeness (QED) is 0.106. The molecule has 11 nitrogen and oxygen atoms in total. The summed E-state index contributed by atoms with van der Waals surface area (Å²) in [6.07, 6.45) is 1.43. The number of benzene rings is 1. The van der Waals surface area contributed by atoms with Crippen molar-refractivity contribution >= 4 is 15.7 Å². The third-order valence-corrected chi connectivity index (χ3v) is 4.69. The average molecular weight is 385 g/mol. The fourth-order valence-corrected chi connectivity index (χ4v) is 2.91. The summed E-state index contributed by atoms with van der Waals surface area (Å²) in [6, 6.07) is 4.28. The molecule has 0 heterocycles. The molecule has 1 aromatic carbocycles. The molecule has 0 unspecified atom stereocenters. The Hall–Kier alpha value is -2.50. The highest BCUT2D eigenvalue weighted by molar-refractivity contribution is 7.89. The molecular formula is C14H19N5O6S. The summed E-state index contributed by atoms with van der Waals surface area (Å²) < 4.78 is 24.4. The molecule has 1 rings (SSSR count). The smallest absolute Gasteiger partial charge is 0.269 e. The van der Waals surface area contributed by atoms with Gasteiger partial charge in [-0.15, -0.1) is 6.58 Å². The molecule has 0 aliphatic carbocycles. The number of nitrogens with zero attached hydrogens (tertiary/aromatic N) is 4. The van der Waals surface area contributed by atoms with E-state index in [2.05, 4.69) is 16.6 Å². The van der Waals surface area contributed by atoms with Gasteiger partial charge in [0.05, 0.1) is 9.82 Å². The largest absolute Gasteiger partial charge is 0.396 e. The highest BCUT2D eigenvalue weighted by atomic mass is 32.2. The number of nitro benzene ring substituents is 1. The summed E-state index contributed by atoms with van der Waals surface area (Å²) in [4.78, 5) is 19.4. The number of rotatable bonds is 12. The van der Waals surface area contributed by atoms with Gasteiger partial charge in [-0.05, 0) is 30.5 Å². The van der Waals surface area contributed by atoms with Crippen molar-refractivity contribution in [1.82, 2.24) is 4.89 Å². The Morgan fingerprint density at radius 3 is 2.62 bits per heavy atom. The van der Waals surface area contributed by atoms with Crippen molar-refractivity contribution in [2.75, 3.05) is 13.2 Å². The molecule has 142 valence electrons. The van der Waals surface area contributed by atoms with Crippen LogP contribution in [0.2, 0.25) is 0 Å². The van der Waals surface area contributed by atoms with Gasteiger partial charge in [0, 0.05) is 36.1 Å². The lowest BCUT2D eigenvalue weighted by atomic mass is 9.98. The minimum Gasteiger partial charge on any atom is -0.396 e. The Bertz CT molecular complexity index is 761. The van der Waals surface area contributed by atoms with Crippen LogP contribution in [-0.2, 0) is 14.9 Å². The SMILES string of the molecule is C=C[C@@H](ONS(=O)(=O)c1ccc([N+](=O)[O-])cc1)[C@@H](CO)CCCN=[N+]=[N-]. The Kier molecular flexibility index (Phi) is 8.68. The summed E-state index contributed by atoms with van der Waals surface area (Å²) in [7, 11) is -4.07. The third-order valence-electron chi connectivity index (χ3n) is 3.48.